The standard InChI is InChI=1S/C11H15FIN/c1-9-3-4-11(12)7-10(9)8-14-6-2-5-13/h3-4,7,14H,2,5-6,8H2,1H3. The Morgan fingerprint density at radius 2 is 2.21 bits per heavy atom. The lowest BCUT2D eigenvalue weighted by Crippen LogP contribution is -2.15. The molecular formula is C11H15FIN. The minimum absolute atomic E-state index is 0.152. The summed E-state index contributed by atoms with van der Waals surface area (Å²) in [5.74, 6) is -0.152. The first-order valence-corrected chi connectivity index (χ1v) is 6.28. The van der Waals surface area contributed by atoms with Crippen LogP contribution in [0.4, 0.5) is 4.39 Å². The van der Waals surface area contributed by atoms with E-state index in [1.54, 1.807) is 6.07 Å². The van der Waals surface area contributed by atoms with Gasteiger partial charge in [-0.15, -0.1) is 0 Å². The summed E-state index contributed by atoms with van der Waals surface area (Å²) in [7, 11) is 0. The van der Waals surface area contributed by atoms with Crippen LogP contribution in [-0.4, -0.2) is 11.0 Å². The first kappa shape index (κ1) is 11.9. The molecule has 1 aromatic carbocycles. The minimum Gasteiger partial charge on any atom is -0.313 e. The van der Waals surface area contributed by atoms with Gasteiger partial charge in [-0.2, -0.15) is 0 Å². The molecule has 0 saturated heterocycles. The average molecular weight is 307 g/mol. The molecule has 1 aromatic rings. The maximum atomic E-state index is 12.9. The Bertz CT molecular complexity index is 289. The molecule has 3 heteroatoms. The number of hydrogen-bond acceptors (Lipinski definition) is 1. The lowest BCUT2D eigenvalue weighted by Gasteiger charge is -2.07. The molecule has 0 radical (unpaired) electrons. The SMILES string of the molecule is Cc1ccc(F)cc1CNCCCI. The normalized spacial score (nSPS) is 10.5. The van der Waals surface area contributed by atoms with Crippen molar-refractivity contribution in [3.05, 3.63) is 35.1 Å². The van der Waals surface area contributed by atoms with Crippen LogP contribution in [0.2, 0.25) is 0 Å². The summed E-state index contributed by atoms with van der Waals surface area (Å²) in [4.78, 5) is 0. The highest BCUT2D eigenvalue weighted by molar-refractivity contribution is 14.1. The average Bonchev–Trinajstić information content (AvgIpc) is 2.18. The smallest absolute Gasteiger partial charge is 0.123 e. The van der Waals surface area contributed by atoms with E-state index in [1.165, 1.54) is 6.07 Å². The van der Waals surface area contributed by atoms with Crippen LogP contribution < -0.4 is 5.32 Å². The number of aryl methyl sites for hydroxylation is 1. The Labute approximate surface area is 98.2 Å². The third kappa shape index (κ3) is 3.92. The summed E-state index contributed by atoms with van der Waals surface area (Å²) in [5, 5.41) is 3.30. The van der Waals surface area contributed by atoms with E-state index in [9.17, 15) is 4.39 Å². The highest BCUT2D eigenvalue weighted by Crippen LogP contribution is 2.09. The topological polar surface area (TPSA) is 12.0 Å². The Hall–Kier alpha value is -0.160. The number of nitrogens with one attached hydrogen (secondary N) is 1. The second-order valence-corrected chi connectivity index (χ2v) is 4.37. The Balaban J connectivity index is 2.45. The van der Waals surface area contributed by atoms with E-state index in [0.29, 0.717) is 0 Å². The van der Waals surface area contributed by atoms with E-state index in [4.69, 9.17) is 0 Å². The molecule has 1 nitrogen and oxygen atoms in total. The molecule has 0 fully saturated rings. The van der Waals surface area contributed by atoms with Crippen molar-refractivity contribution in [2.45, 2.75) is 19.9 Å². The molecule has 0 amide bonds. The second kappa shape index (κ2) is 6.35. The highest BCUT2D eigenvalue weighted by atomic mass is 127. The molecule has 1 rings (SSSR count). The van der Waals surface area contributed by atoms with Crippen LogP contribution in [0, 0.1) is 12.7 Å². The van der Waals surface area contributed by atoms with Crippen molar-refractivity contribution in [3.63, 3.8) is 0 Å². The van der Waals surface area contributed by atoms with Crippen molar-refractivity contribution < 1.29 is 4.39 Å². The van der Waals surface area contributed by atoms with E-state index in [0.717, 1.165) is 35.1 Å². The molecule has 14 heavy (non-hydrogen) atoms. The molecule has 0 aliphatic carbocycles. The first-order chi connectivity index (χ1) is 6.74. The molecule has 1 N–H and O–H groups in total. The molecule has 0 aromatic heterocycles. The van der Waals surface area contributed by atoms with Gasteiger partial charge in [-0.1, -0.05) is 28.7 Å². The van der Waals surface area contributed by atoms with Gasteiger partial charge in [0.2, 0.25) is 0 Å². The lowest BCUT2D eigenvalue weighted by atomic mass is 10.1. The molecule has 0 spiro atoms. The van der Waals surface area contributed by atoms with Gasteiger partial charge in [-0.05, 0) is 43.1 Å². The van der Waals surface area contributed by atoms with Crippen molar-refractivity contribution in [1.82, 2.24) is 5.32 Å². The summed E-state index contributed by atoms with van der Waals surface area (Å²) >= 11 is 2.35. The summed E-state index contributed by atoms with van der Waals surface area (Å²) in [6, 6.07) is 4.93. The van der Waals surface area contributed by atoms with Gasteiger partial charge in [0.05, 0.1) is 0 Å². The molecule has 0 unspecified atom stereocenters. The van der Waals surface area contributed by atoms with Crippen molar-refractivity contribution >= 4 is 22.6 Å². The van der Waals surface area contributed by atoms with Gasteiger partial charge in [-0.25, -0.2) is 4.39 Å². The Morgan fingerprint density at radius 1 is 1.43 bits per heavy atom. The van der Waals surface area contributed by atoms with Crippen LogP contribution in [0.15, 0.2) is 18.2 Å². The molecule has 0 saturated carbocycles. The molecule has 78 valence electrons. The van der Waals surface area contributed by atoms with Crippen molar-refractivity contribution in [1.29, 1.82) is 0 Å². The van der Waals surface area contributed by atoms with Gasteiger partial charge in [-0.3, -0.25) is 0 Å². The molecule has 0 bridgehead atoms. The van der Waals surface area contributed by atoms with Crippen LogP contribution in [0.3, 0.4) is 0 Å². The van der Waals surface area contributed by atoms with Crippen molar-refractivity contribution in [2.75, 3.05) is 11.0 Å². The van der Waals surface area contributed by atoms with E-state index < -0.39 is 0 Å². The number of rotatable bonds is 5. The van der Waals surface area contributed by atoms with Gasteiger partial charge in [0, 0.05) is 11.0 Å². The third-order valence-electron chi connectivity index (χ3n) is 2.11. The predicted octanol–water partition coefficient (Wildman–Crippen LogP) is 3.05. The number of benzene rings is 1. The lowest BCUT2D eigenvalue weighted by molar-refractivity contribution is 0.618. The summed E-state index contributed by atoms with van der Waals surface area (Å²) in [5.41, 5.74) is 2.20. The van der Waals surface area contributed by atoms with Crippen LogP contribution in [-0.2, 0) is 6.54 Å². The third-order valence-corrected chi connectivity index (χ3v) is 2.88. The first-order valence-electron chi connectivity index (χ1n) is 4.75. The minimum atomic E-state index is -0.152. The fourth-order valence-electron chi connectivity index (χ4n) is 1.25. The van der Waals surface area contributed by atoms with Gasteiger partial charge in [0.25, 0.3) is 0 Å². The molecule has 0 aliphatic heterocycles. The van der Waals surface area contributed by atoms with Crippen LogP contribution in [0.25, 0.3) is 0 Å². The zero-order valence-electron chi connectivity index (χ0n) is 8.32. The Kier molecular flexibility index (Phi) is 5.40. The van der Waals surface area contributed by atoms with Gasteiger partial charge >= 0.3 is 0 Å². The van der Waals surface area contributed by atoms with E-state index in [2.05, 4.69) is 27.9 Å². The van der Waals surface area contributed by atoms with E-state index in [-0.39, 0.29) is 5.82 Å². The predicted molar refractivity (Wildman–Crippen MR) is 66.3 cm³/mol. The quantitative estimate of drug-likeness (QED) is 0.501. The largest absolute Gasteiger partial charge is 0.313 e. The van der Waals surface area contributed by atoms with Gasteiger partial charge < -0.3 is 5.32 Å². The maximum Gasteiger partial charge on any atom is 0.123 e. The van der Waals surface area contributed by atoms with Crippen LogP contribution >= 0.6 is 22.6 Å². The van der Waals surface area contributed by atoms with Gasteiger partial charge in [0.1, 0.15) is 5.82 Å². The van der Waals surface area contributed by atoms with Gasteiger partial charge in [0.15, 0.2) is 0 Å². The second-order valence-electron chi connectivity index (χ2n) is 3.29. The molecule has 0 atom stereocenters. The van der Waals surface area contributed by atoms with E-state index >= 15 is 0 Å². The van der Waals surface area contributed by atoms with Crippen LogP contribution in [0.5, 0.6) is 0 Å². The number of hydrogen-bond donors (Lipinski definition) is 1. The highest BCUT2D eigenvalue weighted by Gasteiger charge is 1.99. The van der Waals surface area contributed by atoms with E-state index in [1.807, 2.05) is 13.0 Å². The summed E-state index contributed by atoms with van der Waals surface area (Å²) in [6.45, 7) is 3.77. The molecule has 0 heterocycles. The van der Waals surface area contributed by atoms with Crippen molar-refractivity contribution in [2.24, 2.45) is 0 Å². The molecule has 0 aliphatic rings. The van der Waals surface area contributed by atoms with Crippen LogP contribution in [0.1, 0.15) is 17.5 Å². The zero-order valence-corrected chi connectivity index (χ0v) is 10.5. The fraction of sp³-hybridized carbons (Fsp3) is 0.455. The Morgan fingerprint density at radius 3 is 2.93 bits per heavy atom. The monoisotopic (exact) mass is 307 g/mol. The summed E-state index contributed by atoms with van der Waals surface area (Å²) in [6.07, 6.45) is 1.16. The van der Waals surface area contributed by atoms with Crippen molar-refractivity contribution in [3.8, 4) is 0 Å². The number of halogens is 2. The maximum absolute atomic E-state index is 12.9. The summed E-state index contributed by atoms with van der Waals surface area (Å²) < 4.78 is 14.1. The fourth-order valence-corrected chi connectivity index (χ4v) is 1.63. The zero-order chi connectivity index (χ0) is 10.4. The molecular weight excluding hydrogens is 292 g/mol. The number of alkyl halides is 1.